The monoisotopic (exact) mass is 248 g/mol. The predicted octanol–water partition coefficient (Wildman–Crippen LogP) is -1.25. The van der Waals surface area contributed by atoms with Gasteiger partial charge >= 0.3 is 7.12 Å². The zero-order valence-corrected chi connectivity index (χ0v) is 10.4. The summed E-state index contributed by atoms with van der Waals surface area (Å²) in [5.41, 5.74) is 0.847. The average molecular weight is 248 g/mol. The van der Waals surface area contributed by atoms with Crippen LogP contribution in [-0.4, -0.2) is 66.1 Å². The molecule has 1 aliphatic rings. The number of benzene rings is 1. The van der Waals surface area contributed by atoms with Crippen LogP contribution in [0.2, 0.25) is 0 Å². The van der Waals surface area contributed by atoms with Crippen molar-refractivity contribution in [3.05, 3.63) is 29.8 Å². The van der Waals surface area contributed by atoms with Gasteiger partial charge in [-0.2, -0.15) is 0 Å². The van der Waals surface area contributed by atoms with E-state index in [2.05, 4.69) is 4.90 Å². The summed E-state index contributed by atoms with van der Waals surface area (Å²) in [4.78, 5) is 16.2. The number of hydrogen-bond acceptors (Lipinski definition) is 4. The van der Waals surface area contributed by atoms with E-state index in [4.69, 9.17) is 10.0 Å². The Morgan fingerprint density at radius 3 is 2.50 bits per heavy atom. The van der Waals surface area contributed by atoms with Crippen LogP contribution in [0.3, 0.4) is 0 Å². The standard InChI is InChI=1S/C12H17BN2O3/c1-14-5-7-15(8-6-14)12(16)10-3-2-4-11(9-10)13(17)18/h2-4,9,17-18H,5-8H2,1H3. The molecule has 1 aliphatic heterocycles. The van der Waals surface area contributed by atoms with Crippen molar-refractivity contribution in [2.45, 2.75) is 0 Å². The summed E-state index contributed by atoms with van der Waals surface area (Å²) in [6.45, 7) is 3.16. The second kappa shape index (κ2) is 5.52. The third-order valence-corrected chi connectivity index (χ3v) is 3.22. The molecule has 6 heteroatoms. The first-order chi connectivity index (χ1) is 8.58. The summed E-state index contributed by atoms with van der Waals surface area (Å²) in [6.07, 6.45) is 0. The van der Waals surface area contributed by atoms with Crippen molar-refractivity contribution in [1.82, 2.24) is 9.80 Å². The highest BCUT2D eigenvalue weighted by molar-refractivity contribution is 6.58. The van der Waals surface area contributed by atoms with Crippen LogP contribution in [0.15, 0.2) is 24.3 Å². The first kappa shape index (κ1) is 13.1. The molecular formula is C12H17BN2O3. The van der Waals surface area contributed by atoms with Gasteiger partial charge in [0.1, 0.15) is 0 Å². The van der Waals surface area contributed by atoms with Crippen LogP contribution in [0.1, 0.15) is 10.4 Å². The molecule has 1 aromatic rings. The highest BCUT2D eigenvalue weighted by atomic mass is 16.4. The number of rotatable bonds is 2. The van der Waals surface area contributed by atoms with E-state index < -0.39 is 7.12 Å². The Morgan fingerprint density at radius 1 is 1.22 bits per heavy atom. The van der Waals surface area contributed by atoms with Gasteiger partial charge in [-0.15, -0.1) is 0 Å². The zero-order valence-electron chi connectivity index (χ0n) is 10.4. The number of carbonyl (C=O) groups is 1. The summed E-state index contributed by atoms with van der Waals surface area (Å²) in [6, 6.07) is 6.49. The lowest BCUT2D eigenvalue weighted by molar-refractivity contribution is 0.0664. The van der Waals surface area contributed by atoms with Gasteiger partial charge in [0.2, 0.25) is 0 Å². The highest BCUT2D eigenvalue weighted by Crippen LogP contribution is 2.07. The Morgan fingerprint density at radius 2 is 1.89 bits per heavy atom. The molecule has 96 valence electrons. The van der Waals surface area contributed by atoms with Crippen LogP contribution >= 0.6 is 0 Å². The van der Waals surface area contributed by atoms with Crippen LogP contribution in [0, 0.1) is 0 Å². The third-order valence-electron chi connectivity index (χ3n) is 3.22. The van der Waals surface area contributed by atoms with Crippen LogP contribution < -0.4 is 5.46 Å². The van der Waals surface area contributed by atoms with E-state index in [1.165, 1.54) is 6.07 Å². The lowest BCUT2D eigenvalue weighted by Gasteiger charge is -2.32. The first-order valence-corrected chi connectivity index (χ1v) is 6.02. The SMILES string of the molecule is CN1CCN(C(=O)c2cccc(B(O)O)c2)CC1. The topological polar surface area (TPSA) is 64.0 Å². The van der Waals surface area contributed by atoms with E-state index in [0.29, 0.717) is 24.1 Å². The Labute approximate surface area is 107 Å². The number of piperazine rings is 1. The molecule has 1 amide bonds. The molecule has 2 rings (SSSR count). The lowest BCUT2D eigenvalue weighted by atomic mass is 9.79. The van der Waals surface area contributed by atoms with Crippen molar-refractivity contribution in [3.63, 3.8) is 0 Å². The number of amides is 1. The predicted molar refractivity (Wildman–Crippen MR) is 69.7 cm³/mol. The number of carbonyl (C=O) groups excluding carboxylic acids is 1. The van der Waals surface area contributed by atoms with Gasteiger partial charge < -0.3 is 19.8 Å². The zero-order chi connectivity index (χ0) is 13.1. The molecule has 1 saturated heterocycles. The van der Waals surface area contributed by atoms with Gasteiger partial charge in [0.25, 0.3) is 5.91 Å². The summed E-state index contributed by atoms with van der Waals surface area (Å²) in [5.74, 6) is -0.0504. The van der Waals surface area contributed by atoms with E-state index in [1.54, 1.807) is 23.1 Å². The summed E-state index contributed by atoms with van der Waals surface area (Å²) in [5, 5.41) is 18.2. The Balaban J connectivity index is 2.11. The minimum atomic E-state index is -1.54. The quantitative estimate of drug-likeness (QED) is 0.642. The summed E-state index contributed by atoms with van der Waals surface area (Å²) in [7, 11) is 0.495. The molecule has 0 atom stereocenters. The fourth-order valence-corrected chi connectivity index (χ4v) is 2.02. The largest absolute Gasteiger partial charge is 0.488 e. The van der Waals surface area contributed by atoms with Gasteiger partial charge in [-0.1, -0.05) is 12.1 Å². The van der Waals surface area contributed by atoms with Gasteiger partial charge in [0.05, 0.1) is 0 Å². The Bertz CT molecular complexity index is 431. The maximum absolute atomic E-state index is 12.2. The summed E-state index contributed by atoms with van der Waals surface area (Å²) >= 11 is 0. The molecular weight excluding hydrogens is 231 g/mol. The van der Waals surface area contributed by atoms with Gasteiger partial charge in [0, 0.05) is 31.7 Å². The van der Waals surface area contributed by atoms with Crippen LogP contribution in [0.5, 0.6) is 0 Å². The van der Waals surface area contributed by atoms with E-state index in [-0.39, 0.29) is 5.91 Å². The molecule has 2 N–H and O–H groups in total. The minimum absolute atomic E-state index is 0.0504. The lowest BCUT2D eigenvalue weighted by Crippen LogP contribution is -2.47. The maximum atomic E-state index is 12.2. The Hall–Kier alpha value is -1.37. The molecule has 0 unspecified atom stereocenters. The van der Waals surface area contributed by atoms with Gasteiger partial charge in [0.15, 0.2) is 0 Å². The molecule has 1 aromatic carbocycles. The van der Waals surface area contributed by atoms with Crippen LogP contribution in [-0.2, 0) is 0 Å². The van der Waals surface area contributed by atoms with E-state index >= 15 is 0 Å². The molecule has 0 aliphatic carbocycles. The fourth-order valence-electron chi connectivity index (χ4n) is 2.02. The molecule has 0 saturated carbocycles. The molecule has 5 nitrogen and oxygen atoms in total. The number of nitrogens with zero attached hydrogens (tertiary/aromatic N) is 2. The third kappa shape index (κ3) is 2.90. The van der Waals surface area contributed by atoms with Gasteiger partial charge in [-0.3, -0.25) is 4.79 Å². The highest BCUT2D eigenvalue weighted by Gasteiger charge is 2.21. The molecule has 0 bridgehead atoms. The molecule has 0 radical (unpaired) electrons. The van der Waals surface area contributed by atoms with Crippen molar-refractivity contribution >= 4 is 18.5 Å². The van der Waals surface area contributed by atoms with E-state index in [0.717, 1.165) is 13.1 Å². The molecule has 1 fully saturated rings. The molecule has 1 heterocycles. The molecule has 0 spiro atoms. The molecule has 0 aromatic heterocycles. The van der Waals surface area contributed by atoms with Gasteiger partial charge in [-0.25, -0.2) is 0 Å². The van der Waals surface area contributed by atoms with Crippen LogP contribution in [0.25, 0.3) is 0 Å². The van der Waals surface area contributed by atoms with Crippen molar-refractivity contribution < 1.29 is 14.8 Å². The maximum Gasteiger partial charge on any atom is 0.488 e. The second-order valence-corrected chi connectivity index (χ2v) is 4.59. The Kier molecular flexibility index (Phi) is 4.01. The second-order valence-electron chi connectivity index (χ2n) is 4.59. The van der Waals surface area contributed by atoms with Crippen LogP contribution in [0.4, 0.5) is 0 Å². The fraction of sp³-hybridized carbons (Fsp3) is 0.417. The first-order valence-electron chi connectivity index (χ1n) is 6.02. The average Bonchev–Trinajstić information content (AvgIpc) is 2.39. The molecule has 18 heavy (non-hydrogen) atoms. The smallest absolute Gasteiger partial charge is 0.423 e. The van der Waals surface area contributed by atoms with E-state index in [9.17, 15) is 4.79 Å². The van der Waals surface area contributed by atoms with Gasteiger partial charge in [-0.05, 0) is 24.6 Å². The number of likely N-dealkylation sites (N-methyl/N-ethyl adjacent to an activating group) is 1. The van der Waals surface area contributed by atoms with Crippen molar-refractivity contribution in [2.24, 2.45) is 0 Å². The summed E-state index contributed by atoms with van der Waals surface area (Å²) < 4.78 is 0. The van der Waals surface area contributed by atoms with Crippen molar-refractivity contribution in [2.75, 3.05) is 33.2 Å². The normalized spacial score (nSPS) is 16.7. The number of hydrogen-bond donors (Lipinski definition) is 2. The van der Waals surface area contributed by atoms with Crippen molar-refractivity contribution in [3.8, 4) is 0 Å². The minimum Gasteiger partial charge on any atom is -0.423 e. The van der Waals surface area contributed by atoms with Crippen molar-refractivity contribution in [1.29, 1.82) is 0 Å². The van der Waals surface area contributed by atoms with E-state index in [1.807, 2.05) is 7.05 Å².